The fraction of sp³-hybridized carbons (Fsp3) is 0.909. The molecule has 0 aromatic heterocycles. The van der Waals surface area contributed by atoms with E-state index in [-0.39, 0.29) is 0 Å². The molecule has 86 valence electrons. The molecule has 0 bridgehead atoms. The van der Waals surface area contributed by atoms with Gasteiger partial charge in [0.1, 0.15) is 0 Å². The van der Waals surface area contributed by atoms with Crippen molar-refractivity contribution in [1.82, 2.24) is 5.32 Å². The average molecular weight is 227 g/mol. The Bertz CT molecular complexity index is 238. The van der Waals surface area contributed by atoms with Crippen molar-refractivity contribution in [2.75, 3.05) is 6.26 Å². The summed E-state index contributed by atoms with van der Waals surface area (Å²) in [6.45, 7) is 0. The minimum atomic E-state index is 0.525. The molecule has 2 aliphatic carbocycles. The van der Waals surface area contributed by atoms with Gasteiger partial charge in [-0.3, -0.25) is 4.99 Å². The zero-order valence-electron chi connectivity index (χ0n) is 9.41. The van der Waals surface area contributed by atoms with E-state index < -0.39 is 0 Å². The molecular weight excluding hydrogens is 206 g/mol. The van der Waals surface area contributed by atoms with Gasteiger partial charge < -0.3 is 11.1 Å². The molecule has 0 heterocycles. The Kier molecular flexibility index (Phi) is 3.78. The van der Waals surface area contributed by atoms with E-state index in [4.69, 9.17) is 5.73 Å². The molecule has 2 saturated carbocycles. The van der Waals surface area contributed by atoms with Crippen molar-refractivity contribution in [3.05, 3.63) is 0 Å². The van der Waals surface area contributed by atoms with Crippen LogP contribution in [0.2, 0.25) is 0 Å². The van der Waals surface area contributed by atoms with Gasteiger partial charge in [0.2, 0.25) is 0 Å². The van der Waals surface area contributed by atoms with E-state index in [1.54, 1.807) is 0 Å². The highest BCUT2D eigenvalue weighted by atomic mass is 32.2. The van der Waals surface area contributed by atoms with Gasteiger partial charge in [0.15, 0.2) is 5.96 Å². The second-order valence-electron chi connectivity index (χ2n) is 4.61. The smallest absolute Gasteiger partial charge is 0.189 e. The summed E-state index contributed by atoms with van der Waals surface area (Å²) in [5, 5.41) is 4.18. The summed E-state index contributed by atoms with van der Waals surface area (Å²) in [5.74, 6) is 0.671. The normalized spacial score (nSPS) is 32.7. The number of hydrogen-bond acceptors (Lipinski definition) is 2. The second kappa shape index (κ2) is 5.10. The first-order chi connectivity index (χ1) is 7.28. The van der Waals surface area contributed by atoms with E-state index in [9.17, 15) is 0 Å². The van der Waals surface area contributed by atoms with Crippen molar-refractivity contribution < 1.29 is 0 Å². The van der Waals surface area contributed by atoms with E-state index in [0.717, 1.165) is 5.25 Å². The number of thioether (sulfide) groups is 1. The van der Waals surface area contributed by atoms with Crippen LogP contribution in [0.3, 0.4) is 0 Å². The first kappa shape index (κ1) is 11.1. The summed E-state index contributed by atoms with van der Waals surface area (Å²) in [6, 6.07) is 1.08. The Hall–Kier alpha value is -0.380. The highest BCUT2D eigenvalue weighted by Crippen LogP contribution is 2.27. The van der Waals surface area contributed by atoms with Gasteiger partial charge in [0, 0.05) is 11.3 Å². The summed E-state index contributed by atoms with van der Waals surface area (Å²) < 4.78 is 0. The maximum atomic E-state index is 5.86. The van der Waals surface area contributed by atoms with Gasteiger partial charge in [-0.25, -0.2) is 0 Å². The Balaban J connectivity index is 1.77. The van der Waals surface area contributed by atoms with Crippen LogP contribution in [0, 0.1) is 0 Å². The number of nitrogens with two attached hydrogens (primary N) is 1. The maximum absolute atomic E-state index is 5.86. The summed E-state index contributed by atoms with van der Waals surface area (Å²) >= 11 is 1.98. The highest BCUT2D eigenvalue weighted by Gasteiger charge is 2.23. The molecule has 3 nitrogen and oxygen atoms in total. The van der Waals surface area contributed by atoms with E-state index in [1.165, 1.54) is 38.5 Å². The molecule has 0 spiro atoms. The summed E-state index contributed by atoms with van der Waals surface area (Å²) in [6.07, 6.45) is 9.81. The minimum Gasteiger partial charge on any atom is -0.370 e. The molecule has 4 heteroatoms. The Morgan fingerprint density at radius 2 is 2.13 bits per heavy atom. The van der Waals surface area contributed by atoms with Gasteiger partial charge in [-0.1, -0.05) is 6.42 Å². The van der Waals surface area contributed by atoms with E-state index in [1.807, 2.05) is 11.8 Å². The monoisotopic (exact) mass is 227 g/mol. The molecule has 2 fully saturated rings. The number of nitrogens with one attached hydrogen (secondary N) is 1. The molecule has 0 aromatic rings. The van der Waals surface area contributed by atoms with Crippen LogP contribution >= 0.6 is 11.8 Å². The Labute approximate surface area is 96.3 Å². The van der Waals surface area contributed by atoms with Gasteiger partial charge in [-0.2, -0.15) is 11.8 Å². The van der Waals surface area contributed by atoms with Crippen LogP contribution in [-0.2, 0) is 0 Å². The molecule has 2 unspecified atom stereocenters. The quantitative estimate of drug-likeness (QED) is 0.570. The molecule has 2 aliphatic rings. The molecular formula is C11H21N3S. The topological polar surface area (TPSA) is 50.4 Å². The third-order valence-corrected chi connectivity index (χ3v) is 4.27. The lowest BCUT2D eigenvalue weighted by Crippen LogP contribution is -2.43. The summed E-state index contributed by atoms with van der Waals surface area (Å²) in [7, 11) is 0. The van der Waals surface area contributed by atoms with Gasteiger partial charge in [-0.05, 0) is 38.4 Å². The second-order valence-corrected chi connectivity index (χ2v) is 5.75. The van der Waals surface area contributed by atoms with Crippen LogP contribution < -0.4 is 11.1 Å². The average Bonchev–Trinajstić information content (AvgIpc) is 3.02. The zero-order valence-corrected chi connectivity index (χ0v) is 10.2. The number of nitrogens with zero attached hydrogens (tertiary/aromatic N) is 1. The van der Waals surface area contributed by atoms with Crippen LogP contribution in [-0.4, -0.2) is 29.5 Å². The van der Waals surface area contributed by atoms with Crippen molar-refractivity contribution in [2.45, 2.75) is 55.9 Å². The number of hydrogen-bond donors (Lipinski definition) is 2. The van der Waals surface area contributed by atoms with Crippen LogP contribution in [0.1, 0.15) is 38.5 Å². The molecule has 3 N–H and O–H groups in total. The van der Waals surface area contributed by atoms with Crippen molar-refractivity contribution in [3.8, 4) is 0 Å². The lowest BCUT2D eigenvalue weighted by molar-refractivity contribution is 0.421. The fourth-order valence-electron chi connectivity index (χ4n) is 2.14. The minimum absolute atomic E-state index is 0.525. The Morgan fingerprint density at radius 3 is 2.80 bits per heavy atom. The Morgan fingerprint density at radius 1 is 1.33 bits per heavy atom. The predicted octanol–water partition coefficient (Wildman–Crippen LogP) is 1.73. The highest BCUT2D eigenvalue weighted by molar-refractivity contribution is 7.99. The van der Waals surface area contributed by atoms with Gasteiger partial charge in [0.05, 0.1) is 6.04 Å². The standard InChI is InChI=1S/C11H21N3S/c1-15-10-4-2-3-9(7-10)14-11(12)13-8-5-6-8/h8-10H,2-7H2,1H3,(H3,12,13,14). The van der Waals surface area contributed by atoms with Crippen LogP contribution in [0.25, 0.3) is 0 Å². The van der Waals surface area contributed by atoms with Crippen LogP contribution in [0.15, 0.2) is 4.99 Å². The third-order valence-electron chi connectivity index (χ3n) is 3.18. The van der Waals surface area contributed by atoms with E-state index >= 15 is 0 Å². The molecule has 0 radical (unpaired) electrons. The van der Waals surface area contributed by atoms with Crippen molar-refractivity contribution in [1.29, 1.82) is 0 Å². The molecule has 2 atom stereocenters. The van der Waals surface area contributed by atoms with Crippen LogP contribution in [0.4, 0.5) is 0 Å². The molecule has 0 aliphatic heterocycles. The lowest BCUT2D eigenvalue weighted by atomic mass is 9.95. The zero-order chi connectivity index (χ0) is 10.7. The first-order valence-corrected chi connectivity index (χ1v) is 7.19. The molecule has 2 rings (SSSR count). The van der Waals surface area contributed by atoms with Gasteiger partial charge >= 0.3 is 0 Å². The molecule has 0 amide bonds. The first-order valence-electron chi connectivity index (χ1n) is 5.90. The third kappa shape index (κ3) is 3.59. The number of rotatable bonds is 3. The summed E-state index contributed by atoms with van der Waals surface area (Å²) in [4.78, 5) is 4.41. The van der Waals surface area contributed by atoms with Crippen molar-refractivity contribution in [2.24, 2.45) is 10.7 Å². The number of aliphatic imine (C=N–C) groups is 1. The van der Waals surface area contributed by atoms with Gasteiger partial charge in [0.25, 0.3) is 0 Å². The SMILES string of the molecule is CSC1CCCC(NC(N)=NC2CC2)C1. The predicted molar refractivity (Wildman–Crippen MR) is 67.3 cm³/mol. The maximum Gasteiger partial charge on any atom is 0.189 e. The lowest BCUT2D eigenvalue weighted by Gasteiger charge is -2.28. The fourth-order valence-corrected chi connectivity index (χ4v) is 2.96. The molecule has 0 aromatic carbocycles. The van der Waals surface area contributed by atoms with Crippen LogP contribution in [0.5, 0.6) is 0 Å². The van der Waals surface area contributed by atoms with E-state index in [0.29, 0.717) is 18.0 Å². The van der Waals surface area contributed by atoms with Gasteiger partial charge in [-0.15, -0.1) is 0 Å². The van der Waals surface area contributed by atoms with Crippen molar-refractivity contribution >= 4 is 17.7 Å². The van der Waals surface area contributed by atoms with E-state index in [2.05, 4.69) is 16.6 Å². The number of guanidine groups is 1. The largest absolute Gasteiger partial charge is 0.370 e. The van der Waals surface area contributed by atoms with Crippen molar-refractivity contribution in [3.63, 3.8) is 0 Å². The molecule has 0 saturated heterocycles. The summed E-state index contributed by atoms with van der Waals surface area (Å²) in [5.41, 5.74) is 5.86. The molecule has 15 heavy (non-hydrogen) atoms.